The molecule has 1 aliphatic rings. The highest BCUT2D eigenvalue weighted by Gasteiger charge is 2.39. The molecular formula is C34H47N5O5S. The Morgan fingerprint density at radius 2 is 2.02 bits per heavy atom. The van der Waals surface area contributed by atoms with Gasteiger partial charge >= 0.3 is 6.09 Å². The molecule has 0 spiro atoms. The van der Waals surface area contributed by atoms with Crippen LogP contribution in [-0.2, 0) is 33.0 Å². The number of ether oxygens (including phenoxy) is 1. The summed E-state index contributed by atoms with van der Waals surface area (Å²) in [6.45, 7) is 14.8. The molecule has 2 N–H and O–H groups in total. The molecule has 0 aliphatic heterocycles. The first kappa shape index (κ1) is 34.3. The number of thiazole rings is 1. The average Bonchev–Trinajstić information content (AvgIpc) is 3.66. The Morgan fingerprint density at radius 3 is 2.71 bits per heavy atom. The van der Waals surface area contributed by atoms with Crippen molar-refractivity contribution in [2.75, 3.05) is 5.32 Å². The first-order valence-electron chi connectivity index (χ1n) is 15.8. The average molecular weight is 638 g/mol. The van der Waals surface area contributed by atoms with Gasteiger partial charge in [-0.25, -0.2) is 19.6 Å². The van der Waals surface area contributed by atoms with Gasteiger partial charge in [0.15, 0.2) is 5.13 Å². The molecule has 45 heavy (non-hydrogen) atoms. The number of nitrogens with one attached hydrogen (secondary N) is 2. The molecule has 1 aromatic carbocycles. The van der Waals surface area contributed by atoms with Crippen molar-refractivity contribution in [3.05, 3.63) is 77.1 Å². The van der Waals surface area contributed by atoms with E-state index < -0.39 is 11.7 Å². The Bertz CT molecular complexity index is 1420. The van der Waals surface area contributed by atoms with Crippen molar-refractivity contribution in [1.29, 1.82) is 0 Å². The van der Waals surface area contributed by atoms with Gasteiger partial charge in [0.05, 0.1) is 30.6 Å². The number of amides is 2. The van der Waals surface area contributed by atoms with Crippen LogP contribution in [0.1, 0.15) is 107 Å². The van der Waals surface area contributed by atoms with Crippen LogP contribution in [0.4, 0.5) is 9.93 Å². The van der Waals surface area contributed by atoms with Crippen LogP contribution in [0, 0.1) is 0 Å². The van der Waals surface area contributed by atoms with Crippen LogP contribution in [0.3, 0.4) is 0 Å². The lowest BCUT2D eigenvalue weighted by atomic mass is 9.81. The van der Waals surface area contributed by atoms with Gasteiger partial charge in [-0.2, -0.15) is 5.10 Å². The summed E-state index contributed by atoms with van der Waals surface area (Å²) in [6.07, 6.45) is 6.40. The van der Waals surface area contributed by atoms with Gasteiger partial charge in [-0.05, 0) is 50.2 Å². The quantitative estimate of drug-likeness (QED) is 0.106. The van der Waals surface area contributed by atoms with Crippen LogP contribution < -0.4 is 10.6 Å². The van der Waals surface area contributed by atoms with Crippen LogP contribution in [-0.4, -0.2) is 44.6 Å². The Labute approximate surface area is 270 Å². The van der Waals surface area contributed by atoms with E-state index in [9.17, 15) is 9.59 Å². The lowest BCUT2D eigenvalue weighted by molar-refractivity contribution is -0.393. The molecule has 4 rings (SSSR count). The van der Waals surface area contributed by atoms with Crippen LogP contribution in [0.2, 0.25) is 0 Å². The SMILES string of the molecule is C=CCC(CC)OO[C@]1(CC)CCCC(OC(=O)NCc2csc(NC(=O)c3cc(C(C)(C)C)nn3Cc3ccccc3)n2)C1. The van der Waals surface area contributed by atoms with E-state index in [4.69, 9.17) is 19.6 Å². The predicted molar refractivity (Wildman–Crippen MR) is 176 cm³/mol. The van der Waals surface area contributed by atoms with E-state index in [0.29, 0.717) is 29.5 Å². The van der Waals surface area contributed by atoms with Crippen molar-refractivity contribution in [2.24, 2.45) is 0 Å². The van der Waals surface area contributed by atoms with Gasteiger partial charge in [0, 0.05) is 17.2 Å². The lowest BCUT2D eigenvalue weighted by Crippen LogP contribution is -2.43. The normalized spacial score (nSPS) is 19.1. The summed E-state index contributed by atoms with van der Waals surface area (Å²) in [5.41, 5.74) is 2.26. The zero-order valence-electron chi connectivity index (χ0n) is 27.1. The first-order valence-corrected chi connectivity index (χ1v) is 16.7. The number of rotatable bonds is 14. The molecule has 3 aromatic rings. The smallest absolute Gasteiger partial charge is 0.407 e. The van der Waals surface area contributed by atoms with Gasteiger partial charge in [-0.3, -0.25) is 14.8 Å². The highest BCUT2D eigenvalue weighted by molar-refractivity contribution is 7.14. The summed E-state index contributed by atoms with van der Waals surface area (Å²) < 4.78 is 7.50. The molecular weight excluding hydrogens is 590 g/mol. The number of aromatic nitrogens is 3. The molecule has 3 atom stereocenters. The summed E-state index contributed by atoms with van der Waals surface area (Å²) in [6, 6.07) is 11.8. The van der Waals surface area contributed by atoms with Crippen molar-refractivity contribution in [3.8, 4) is 0 Å². The number of carbonyl (C=O) groups is 2. The second-order valence-electron chi connectivity index (χ2n) is 12.7. The summed E-state index contributed by atoms with van der Waals surface area (Å²) in [5.74, 6) is -0.292. The van der Waals surface area contributed by atoms with E-state index >= 15 is 0 Å². The summed E-state index contributed by atoms with van der Waals surface area (Å²) in [5, 5.41) is 12.7. The molecule has 2 aromatic heterocycles. The Balaban J connectivity index is 1.31. The molecule has 2 amide bonds. The second kappa shape index (κ2) is 15.6. The molecule has 0 radical (unpaired) electrons. The standard InChI is InChI=1S/C34H47N5O5S/c1-7-14-26(8-2)43-44-34(9-3)18-13-17-27(20-34)42-32(41)35-21-25-23-45-31(36-25)37-30(40)28-19-29(33(4,5)6)38-39(28)22-24-15-11-10-12-16-24/h7,10-12,15-16,19,23,26-27H,1,8-9,13-14,17-18,20-22H2,2-6H3,(H,35,41)(H,36,37,40)/t26?,27?,34-/m1/s1. The Morgan fingerprint density at radius 1 is 1.24 bits per heavy atom. The topological polar surface area (TPSA) is 117 Å². The van der Waals surface area contributed by atoms with Gasteiger partial charge in [-0.1, -0.05) is 71.0 Å². The molecule has 11 heteroatoms. The van der Waals surface area contributed by atoms with E-state index in [1.165, 1.54) is 11.3 Å². The fourth-order valence-electron chi connectivity index (χ4n) is 5.26. The molecule has 0 saturated heterocycles. The Hall–Kier alpha value is -3.54. The van der Waals surface area contributed by atoms with Gasteiger partial charge in [0.2, 0.25) is 0 Å². The second-order valence-corrected chi connectivity index (χ2v) is 13.5. The van der Waals surface area contributed by atoms with Crippen molar-refractivity contribution in [2.45, 2.75) is 116 Å². The monoisotopic (exact) mass is 637 g/mol. The van der Waals surface area contributed by atoms with Crippen molar-refractivity contribution < 1.29 is 24.1 Å². The molecule has 10 nitrogen and oxygen atoms in total. The summed E-state index contributed by atoms with van der Waals surface area (Å²) in [4.78, 5) is 42.3. The highest BCUT2D eigenvalue weighted by atomic mass is 32.1. The number of hydrogen-bond donors (Lipinski definition) is 2. The van der Waals surface area contributed by atoms with Crippen LogP contribution in [0.5, 0.6) is 0 Å². The minimum absolute atomic E-state index is 0.0410. The largest absolute Gasteiger partial charge is 0.446 e. The zero-order chi connectivity index (χ0) is 32.5. The third kappa shape index (κ3) is 9.72. The van der Waals surface area contributed by atoms with Crippen molar-refractivity contribution in [1.82, 2.24) is 20.1 Å². The van der Waals surface area contributed by atoms with Crippen LogP contribution in [0.25, 0.3) is 0 Å². The molecule has 2 heterocycles. The third-order valence-corrected chi connectivity index (χ3v) is 8.87. The summed E-state index contributed by atoms with van der Waals surface area (Å²) >= 11 is 1.30. The predicted octanol–water partition coefficient (Wildman–Crippen LogP) is 7.56. The molecule has 2 unspecified atom stereocenters. The molecule has 1 saturated carbocycles. The number of hydrogen-bond acceptors (Lipinski definition) is 8. The maximum Gasteiger partial charge on any atom is 0.407 e. The molecule has 1 fully saturated rings. The van der Waals surface area contributed by atoms with E-state index in [1.54, 1.807) is 10.1 Å². The van der Waals surface area contributed by atoms with Gasteiger partial charge in [-0.15, -0.1) is 17.9 Å². The minimum Gasteiger partial charge on any atom is -0.446 e. The first-order chi connectivity index (χ1) is 21.5. The lowest BCUT2D eigenvalue weighted by Gasteiger charge is -2.39. The molecule has 1 aliphatic carbocycles. The maximum absolute atomic E-state index is 13.4. The Kier molecular flexibility index (Phi) is 11.9. The fraction of sp³-hybridized carbons (Fsp3) is 0.529. The van der Waals surface area contributed by atoms with Gasteiger partial charge in [0.1, 0.15) is 17.4 Å². The molecule has 0 bridgehead atoms. The van der Waals surface area contributed by atoms with E-state index in [-0.39, 0.29) is 30.1 Å². The number of anilines is 1. The van der Waals surface area contributed by atoms with E-state index in [2.05, 4.69) is 56.8 Å². The van der Waals surface area contributed by atoms with Crippen LogP contribution in [0.15, 0.2) is 54.4 Å². The van der Waals surface area contributed by atoms with Gasteiger partial charge in [0.25, 0.3) is 5.91 Å². The number of nitrogens with zero attached hydrogens (tertiary/aromatic N) is 3. The maximum atomic E-state index is 13.4. The van der Waals surface area contributed by atoms with Crippen LogP contribution >= 0.6 is 11.3 Å². The highest BCUT2D eigenvalue weighted by Crippen LogP contribution is 2.37. The summed E-state index contributed by atoms with van der Waals surface area (Å²) in [7, 11) is 0. The minimum atomic E-state index is -0.510. The number of carbonyl (C=O) groups excluding carboxylic acids is 2. The number of alkyl carbamates (subject to hydrolysis) is 1. The van der Waals surface area contributed by atoms with E-state index in [1.807, 2.05) is 42.5 Å². The van der Waals surface area contributed by atoms with Gasteiger partial charge < -0.3 is 10.1 Å². The fourth-order valence-corrected chi connectivity index (χ4v) is 5.97. The number of benzene rings is 1. The third-order valence-electron chi connectivity index (χ3n) is 8.06. The molecule has 244 valence electrons. The van der Waals surface area contributed by atoms with Crippen molar-refractivity contribution in [3.63, 3.8) is 0 Å². The van der Waals surface area contributed by atoms with E-state index in [0.717, 1.165) is 49.8 Å². The zero-order valence-corrected chi connectivity index (χ0v) is 28.0. The van der Waals surface area contributed by atoms with Crippen molar-refractivity contribution >= 4 is 28.5 Å².